The van der Waals surface area contributed by atoms with Crippen LogP contribution >= 0.6 is 22.4 Å². The van der Waals surface area contributed by atoms with Gasteiger partial charge in [-0.15, -0.1) is 10.8 Å². The lowest BCUT2D eigenvalue weighted by molar-refractivity contribution is -0.118. The zero-order valence-electron chi connectivity index (χ0n) is 22.6. The number of nitrogens with zero attached hydrogens (tertiary/aromatic N) is 1. The van der Waals surface area contributed by atoms with Crippen LogP contribution in [0.15, 0.2) is 42.5 Å². The molecule has 220 valence electrons. The molecule has 2 amide bonds. The van der Waals surface area contributed by atoms with Gasteiger partial charge in [0.05, 0.1) is 5.75 Å². The van der Waals surface area contributed by atoms with Crippen molar-refractivity contribution in [3.63, 3.8) is 0 Å². The fraction of sp³-hybridized carbons (Fsp3) is 0.500. The average molecular weight is 597 g/mol. The quantitative estimate of drug-likeness (QED) is 0.224. The number of fused-ring (bicyclic) bond motifs is 2. The topological polar surface area (TPSA) is 134 Å². The van der Waals surface area contributed by atoms with E-state index in [2.05, 4.69) is 16.0 Å². The molecular formula is C28H38ClFN4O5S. The second kappa shape index (κ2) is 13.1. The van der Waals surface area contributed by atoms with Crippen molar-refractivity contribution >= 4 is 40.1 Å². The zero-order valence-corrected chi connectivity index (χ0v) is 24.2. The number of rotatable bonds is 9. The molecule has 0 spiro atoms. The van der Waals surface area contributed by atoms with E-state index in [4.69, 9.17) is 11.6 Å². The summed E-state index contributed by atoms with van der Waals surface area (Å²) in [5.74, 6) is -1.41. The lowest BCUT2D eigenvalue weighted by atomic mass is 9.82. The molecule has 2 aromatic carbocycles. The van der Waals surface area contributed by atoms with E-state index in [0.717, 1.165) is 18.4 Å². The van der Waals surface area contributed by atoms with Crippen LogP contribution in [0.2, 0.25) is 5.02 Å². The highest BCUT2D eigenvalue weighted by atomic mass is 35.5. The molecule has 12 heteroatoms. The first-order valence-electron chi connectivity index (χ1n) is 13.6. The summed E-state index contributed by atoms with van der Waals surface area (Å²) < 4.78 is 38.4. The molecule has 2 heterocycles. The largest absolute Gasteiger partial charge is 0.465 e. The first-order chi connectivity index (χ1) is 19.0. The maximum absolute atomic E-state index is 15.1. The van der Waals surface area contributed by atoms with E-state index >= 15 is 4.39 Å². The predicted octanol–water partition coefficient (Wildman–Crippen LogP) is 5.53. The number of nitrogens with one attached hydrogen (secondary N) is 3. The molecular weight excluding hydrogens is 559 g/mol. The third-order valence-electron chi connectivity index (χ3n) is 7.79. The highest BCUT2D eigenvalue weighted by molar-refractivity contribution is 8.22. The van der Waals surface area contributed by atoms with Crippen molar-refractivity contribution in [1.29, 1.82) is 0 Å². The fourth-order valence-electron chi connectivity index (χ4n) is 5.82. The minimum atomic E-state index is -2.90. The van der Waals surface area contributed by atoms with Crippen LogP contribution in [0.4, 0.5) is 14.9 Å². The maximum atomic E-state index is 15.1. The van der Waals surface area contributed by atoms with Gasteiger partial charge >= 0.3 is 6.09 Å². The first kappa shape index (κ1) is 30.5. The molecule has 3 unspecified atom stereocenters. The van der Waals surface area contributed by atoms with Crippen LogP contribution in [0.5, 0.6) is 0 Å². The summed E-state index contributed by atoms with van der Waals surface area (Å²) in [5.41, 5.74) is 1.28. The number of piperazine rings is 1. The maximum Gasteiger partial charge on any atom is 0.405 e. The molecule has 9 nitrogen and oxygen atoms in total. The Morgan fingerprint density at radius 2 is 1.93 bits per heavy atom. The van der Waals surface area contributed by atoms with Crippen LogP contribution in [0.3, 0.4) is 0 Å². The fourth-order valence-corrected chi connectivity index (χ4v) is 7.81. The Kier molecular flexibility index (Phi) is 9.97. The van der Waals surface area contributed by atoms with Crippen LogP contribution < -0.4 is 16.0 Å². The summed E-state index contributed by atoms with van der Waals surface area (Å²) in [6.45, 7) is 4.87. The highest BCUT2D eigenvalue weighted by Crippen LogP contribution is 2.49. The van der Waals surface area contributed by atoms with Crippen molar-refractivity contribution in [2.75, 3.05) is 24.2 Å². The number of carboxylic acid groups (broad SMARTS) is 1. The molecule has 0 saturated carbocycles. The van der Waals surface area contributed by atoms with Crippen LogP contribution in [-0.2, 0) is 11.2 Å². The molecule has 4 rings (SSSR count). The van der Waals surface area contributed by atoms with Crippen LogP contribution in [0.25, 0.3) is 0 Å². The lowest BCUT2D eigenvalue weighted by Gasteiger charge is -2.49. The van der Waals surface area contributed by atoms with Crippen molar-refractivity contribution in [3.05, 3.63) is 64.4 Å². The van der Waals surface area contributed by atoms with E-state index in [1.54, 1.807) is 34.6 Å². The predicted molar refractivity (Wildman–Crippen MR) is 157 cm³/mol. The molecule has 2 aliphatic rings. The van der Waals surface area contributed by atoms with Crippen molar-refractivity contribution in [2.24, 2.45) is 5.92 Å². The Hall–Kier alpha value is -2.41. The van der Waals surface area contributed by atoms with Gasteiger partial charge in [-0.05, 0) is 61.4 Å². The van der Waals surface area contributed by atoms with E-state index in [0.29, 0.717) is 30.3 Å². The van der Waals surface area contributed by atoms with E-state index in [9.17, 15) is 23.8 Å². The van der Waals surface area contributed by atoms with Crippen molar-refractivity contribution in [2.45, 2.75) is 63.6 Å². The number of amides is 2. The van der Waals surface area contributed by atoms with Gasteiger partial charge in [0.25, 0.3) is 0 Å². The standard InChI is InChI=1S/C28H38ClFN4O5S/c1-17(2)25(18-8-10-19(29)11-9-18)26(33-28(36)37)27(35)32-24-7-3-6-23(30)22(24)13-12-21-15-31-20-5-4-14-40(38,39)34(21)16-20/h3,6-11,17,20-21,25-26,31,33,38-39H,4-5,12-16H2,1-2H3,(H,32,35)(H,36,37)/t20?,21?,25-,26+/m1/s1. The Bertz CT molecular complexity index is 1200. The van der Waals surface area contributed by atoms with Gasteiger partial charge in [-0.1, -0.05) is 43.6 Å². The summed E-state index contributed by atoms with van der Waals surface area (Å²) >= 11 is 6.04. The smallest absolute Gasteiger partial charge is 0.405 e. The summed E-state index contributed by atoms with van der Waals surface area (Å²) in [7, 11) is -2.90. The number of hydrogen-bond acceptors (Lipinski definition) is 6. The lowest BCUT2D eigenvalue weighted by Crippen LogP contribution is -2.55. The molecule has 0 radical (unpaired) electrons. The third kappa shape index (κ3) is 7.26. The van der Waals surface area contributed by atoms with Crippen LogP contribution in [0.1, 0.15) is 50.2 Å². The van der Waals surface area contributed by atoms with Gasteiger partial charge in [0.2, 0.25) is 5.91 Å². The van der Waals surface area contributed by atoms with Crippen molar-refractivity contribution in [3.8, 4) is 0 Å². The molecule has 6 N–H and O–H groups in total. The Morgan fingerprint density at radius 3 is 2.60 bits per heavy atom. The Labute approximate surface area is 241 Å². The number of carbonyl (C=O) groups excluding carboxylic acids is 1. The minimum absolute atomic E-state index is 0.119. The van der Waals surface area contributed by atoms with Crippen molar-refractivity contribution in [1.82, 2.24) is 14.9 Å². The SMILES string of the molecule is CC(C)[C@H](c1ccc(Cl)cc1)[C@H](NC(=O)O)C(=O)Nc1cccc(F)c1CCC1CNC2CCCS(O)(O)N1C2. The third-order valence-corrected chi connectivity index (χ3v) is 10.1. The molecule has 0 aromatic heterocycles. The van der Waals surface area contributed by atoms with Crippen LogP contribution in [0, 0.1) is 11.7 Å². The number of carbonyl (C=O) groups is 2. The van der Waals surface area contributed by atoms with E-state index < -0.39 is 40.6 Å². The molecule has 5 atom stereocenters. The minimum Gasteiger partial charge on any atom is -0.465 e. The molecule has 2 bridgehead atoms. The van der Waals surface area contributed by atoms with Gasteiger partial charge in [0.15, 0.2) is 0 Å². The van der Waals surface area contributed by atoms with Gasteiger partial charge in [-0.25, -0.2) is 13.5 Å². The summed E-state index contributed by atoms with van der Waals surface area (Å²) in [4.78, 5) is 25.3. The number of halogens is 2. The van der Waals surface area contributed by atoms with Gasteiger partial charge in [0, 0.05) is 47.4 Å². The van der Waals surface area contributed by atoms with Crippen LogP contribution in [-0.4, -0.2) is 67.5 Å². The second-order valence-corrected chi connectivity index (χ2v) is 13.5. The summed E-state index contributed by atoms with van der Waals surface area (Å²) in [6, 6.07) is 10.1. The number of anilines is 1. The van der Waals surface area contributed by atoms with E-state index in [-0.39, 0.29) is 35.7 Å². The molecule has 2 aromatic rings. The first-order valence-corrected chi connectivity index (χ1v) is 15.6. The summed E-state index contributed by atoms with van der Waals surface area (Å²) in [5, 5.41) is 18.7. The van der Waals surface area contributed by atoms with E-state index in [1.165, 1.54) is 12.1 Å². The molecule has 40 heavy (non-hydrogen) atoms. The average Bonchev–Trinajstić information content (AvgIpc) is 3.00. The highest BCUT2D eigenvalue weighted by Gasteiger charge is 2.38. The number of benzene rings is 2. The van der Waals surface area contributed by atoms with E-state index in [1.807, 2.05) is 13.8 Å². The van der Waals surface area contributed by atoms with Gasteiger partial charge in [-0.3, -0.25) is 13.9 Å². The zero-order chi connectivity index (χ0) is 29.0. The molecule has 2 aliphatic heterocycles. The Morgan fingerprint density at radius 1 is 1.20 bits per heavy atom. The van der Waals surface area contributed by atoms with Gasteiger partial charge in [-0.2, -0.15) is 0 Å². The normalized spacial score (nSPS) is 24.4. The van der Waals surface area contributed by atoms with Gasteiger partial charge in [0.1, 0.15) is 11.9 Å². The summed E-state index contributed by atoms with van der Waals surface area (Å²) in [6.07, 6.45) is 0.939. The number of hydrogen-bond donors (Lipinski definition) is 6. The molecule has 0 aliphatic carbocycles. The monoisotopic (exact) mass is 596 g/mol. The molecule has 2 fully saturated rings. The molecule has 2 saturated heterocycles. The Balaban J connectivity index is 1.55. The van der Waals surface area contributed by atoms with Gasteiger partial charge < -0.3 is 21.1 Å². The second-order valence-electron chi connectivity index (χ2n) is 10.9. The van der Waals surface area contributed by atoms with Crippen molar-refractivity contribution < 1.29 is 28.2 Å².